The van der Waals surface area contributed by atoms with E-state index in [1.165, 1.54) is 24.4 Å². The van der Waals surface area contributed by atoms with Crippen molar-refractivity contribution in [2.45, 2.75) is 13.5 Å². The molecule has 1 aromatic carbocycles. The van der Waals surface area contributed by atoms with Crippen LogP contribution < -0.4 is 5.43 Å². The number of carbonyl (C=O) groups is 2. The van der Waals surface area contributed by atoms with Crippen molar-refractivity contribution in [3.05, 3.63) is 45.7 Å². The largest absolute Gasteiger partial charge is 0.478 e. The molecule has 0 fully saturated rings. The summed E-state index contributed by atoms with van der Waals surface area (Å²) < 4.78 is 1.55. The van der Waals surface area contributed by atoms with Gasteiger partial charge in [-0.2, -0.15) is 0 Å². The third-order valence-electron chi connectivity index (χ3n) is 2.90. The number of rotatable bonds is 3. The Morgan fingerprint density at radius 1 is 1.21 bits per heavy atom. The Balaban J connectivity index is 2.90. The first-order valence-corrected chi connectivity index (χ1v) is 5.59. The summed E-state index contributed by atoms with van der Waals surface area (Å²) >= 11 is 0. The lowest BCUT2D eigenvalue weighted by Crippen LogP contribution is -2.19. The highest BCUT2D eigenvalue weighted by molar-refractivity contribution is 5.96. The second kappa shape index (κ2) is 4.56. The number of hydrogen-bond donors (Lipinski definition) is 2. The second-order valence-electron chi connectivity index (χ2n) is 4.00. The molecule has 2 rings (SSSR count). The molecule has 6 nitrogen and oxygen atoms in total. The Hall–Kier alpha value is -2.63. The fourth-order valence-electron chi connectivity index (χ4n) is 1.94. The summed E-state index contributed by atoms with van der Waals surface area (Å²) in [5, 5.41) is 18.1. The third-order valence-corrected chi connectivity index (χ3v) is 2.90. The highest BCUT2D eigenvalue weighted by Crippen LogP contribution is 2.15. The number of carboxylic acids is 2. The van der Waals surface area contributed by atoms with E-state index in [1.54, 1.807) is 11.5 Å². The van der Waals surface area contributed by atoms with Gasteiger partial charge in [0, 0.05) is 18.1 Å². The molecule has 2 aromatic rings. The van der Waals surface area contributed by atoms with Gasteiger partial charge in [-0.25, -0.2) is 9.59 Å². The van der Waals surface area contributed by atoms with Crippen molar-refractivity contribution in [2.24, 2.45) is 0 Å². The van der Waals surface area contributed by atoms with E-state index >= 15 is 0 Å². The topological polar surface area (TPSA) is 96.6 Å². The van der Waals surface area contributed by atoms with Crippen LogP contribution in [0, 0.1) is 0 Å². The van der Waals surface area contributed by atoms with Crippen LogP contribution in [0.4, 0.5) is 0 Å². The monoisotopic (exact) mass is 261 g/mol. The van der Waals surface area contributed by atoms with Gasteiger partial charge in [-0.3, -0.25) is 4.79 Å². The van der Waals surface area contributed by atoms with Gasteiger partial charge >= 0.3 is 11.9 Å². The van der Waals surface area contributed by atoms with Gasteiger partial charge in [0.1, 0.15) is 5.56 Å². The molecule has 0 amide bonds. The van der Waals surface area contributed by atoms with Crippen LogP contribution in [0.1, 0.15) is 27.6 Å². The normalized spacial score (nSPS) is 10.6. The molecular weight excluding hydrogens is 250 g/mol. The van der Waals surface area contributed by atoms with E-state index in [2.05, 4.69) is 0 Å². The molecule has 98 valence electrons. The van der Waals surface area contributed by atoms with Crippen molar-refractivity contribution >= 4 is 22.8 Å². The van der Waals surface area contributed by atoms with Crippen molar-refractivity contribution in [1.29, 1.82) is 0 Å². The van der Waals surface area contributed by atoms with Gasteiger partial charge in [0.2, 0.25) is 5.43 Å². The fraction of sp³-hybridized carbons (Fsp3) is 0.154. The Bertz CT molecular complexity index is 745. The summed E-state index contributed by atoms with van der Waals surface area (Å²) in [6, 6.07) is 4.01. The molecule has 0 bridgehead atoms. The van der Waals surface area contributed by atoms with Crippen molar-refractivity contribution < 1.29 is 19.8 Å². The van der Waals surface area contributed by atoms with E-state index in [0.29, 0.717) is 12.1 Å². The summed E-state index contributed by atoms with van der Waals surface area (Å²) in [6.07, 6.45) is 1.23. The van der Waals surface area contributed by atoms with Crippen LogP contribution in [0.15, 0.2) is 29.2 Å². The molecule has 0 aliphatic rings. The standard InChI is InChI=1S/C13H11NO5/c1-2-14-6-9(13(18)19)11(15)8-4-3-7(12(16)17)5-10(8)14/h3-6H,2H2,1H3,(H,16,17)(H,18,19). The molecule has 0 radical (unpaired) electrons. The van der Waals surface area contributed by atoms with Gasteiger partial charge in [-0.05, 0) is 25.1 Å². The van der Waals surface area contributed by atoms with Crippen LogP contribution in [0.2, 0.25) is 0 Å². The predicted octanol–water partition coefficient (Wildman–Crippen LogP) is 1.42. The van der Waals surface area contributed by atoms with E-state index in [-0.39, 0.29) is 16.5 Å². The molecular formula is C13H11NO5. The molecule has 0 unspecified atom stereocenters. The summed E-state index contributed by atoms with van der Waals surface area (Å²) in [7, 11) is 0. The Labute approximate surface area is 107 Å². The number of nitrogens with zero attached hydrogens (tertiary/aromatic N) is 1. The van der Waals surface area contributed by atoms with Gasteiger partial charge in [-0.15, -0.1) is 0 Å². The van der Waals surface area contributed by atoms with E-state index in [0.717, 1.165) is 0 Å². The van der Waals surface area contributed by atoms with Crippen LogP contribution in [-0.4, -0.2) is 26.7 Å². The number of fused-ring (bicyclic) bond motifs is 1. The van der Waals surface area contributed by atoms with Crippen LogP contribution >= 0.6 is 0 Å². The maximum Gasteiger partial charge on any atom is 0.341 e. The first-order chi connectivity index (χ1) is 8.95. The number of pyridine rings is 1. The molecule has 0 atom stereocenters. The minimum Gasteiger partial charge on any atom is -0.478 e. The van der Waals surface area contributed by atoms with E-state index < -0.39 is 17.4 Å². The Kier molecular flexibility index (Phi) is 3.08. The van der Waals surface area contributed by atoms with E-state index in [1.807, 2.05) is 0 Å². The molecule has 6 heteroatoms. The summed E-state index contributed by atoms with van der Waals surface area (Å²) in [4.78, 5) is 33.9. The minimum atomic E-state index is -1.29. The highest BCUT2D eigenvalue weighted by atomic mass is 16.4. The van der Waals surface area contributed by atoms with Crippen molar-refractivity contribution in [3.8, 4) is 0 Å². The molecule has 0 aliphatic carbocycles. The second-order valence-corrected chi connectivity index (χ2v) is 4.00. The zero-order valence-corrected chi connectivity index (χ0v) is 10.1. The van der Waals surface area contributed by atoms with Gasteiger partial charge in [0.15, 0.2) is 0 Å². The van der Waals surface area contributed by atoms with Crippen LogP contribution in [0.3, 0.4) is 0 Å². The van der Waals surface area contributed by atoms with Crippen molar-refractivity contribution in [1.82, 2.24) is 4.57 Å². The van der Waals surface area contributed by atoms with Crippen LogP contribution in [0.25, 0.3) is 10.9 Å². The molecule has 0 aliphatic heterocycles. The lowest BCUT2D eigenvalue weighted by molar-refractivity contribution is 0.0684. The summed E-state index contributed by atoms with van der Waals surface area (Å²) in [5.74, 6) is -2.39. The van der Waals surface area contributed by atoms with Crippen LogP contribution in [0.5, 0.6) is 0 Å². The number of aromatic nitrogens is 1. The molecule has 0 saturated heterocycles. The molecule has 1 heterocycles. The number of benzene rings is 1. The van der Waals surface area contributed by atoms with E-state index in [9.17, 15) is 14.4 Å². The molecule has 1 aromatic heterocycles. The molecule has 2 N–H and O–H groups in total. The number of aryl methyl sites for hydroxylation is 1. The maximum atomic E-state index is 12.0. The zero-order chi connectivity index (χ0) is 14.2. The molecule has 0 saturated carbocycles. The third kappa shape index (κ3) is 2.08. The average Bonchev–Trinajstić information content (AvgIpc) is 2.38. The maximum absolute atomic E-state index is 12.0. The highest BCUT2D eigenvalue weighted by Gasteiger charge is 2.15. The summed E-state index contributed by atoms with van der Waals surface area (Å²) in [6.45, 7) is 2.21. The Morgan fingerprint density at radius 2 is 1.89 bits per heavy atom. The first kappa shape index (κ1) is 12.8. The fourth-order valence-corrected chi connectivity index (χ4v) is 1.94. The average molecular weight is 261 g/mol. The Morgan fingerprint density at radius 3 is 2.42 bits per heavy atom. The molecule has 19 heavy (non-hydrogen) atoms. The van der Waals surface area contributed by atoms with Crippen molar-refractivity contribution in [3.63, 3.8) is 0 Å². The minimum absolute atomic E-state index is 0.0529. The molecule has 0 spiro atoms. The van der Waals surface area contributed by atoms with Gasteiger partial charge in [0.25, 0.3) is 0 Å². The zero-order valence-electron chi connectivity index (χ0n) is 10.1. The van der Waals surface area contributed by atoms with Gasteiger partial charge in [0.05, 0.1) is 11.1 Å². The van der Waals surface area contributed by atoms with Gasteiger partial charge < -0.3 is 14.8 Å². The van der Waals surface area contributed by atoms with Gasteiger partial charge in [-0.1, -0.05) is 0 Å². The van der Waals surface area contributed by atoms with Crippen LogP contribution in [-0.2, 0) is 6.54 Å². The number of hydrogen-bond acceptors (Lipinski definition) is 3. The number of carboxylic acid groups (broad SMARTS) is 2. The quantitative estimate of drug-likeness (QED) is 0.870. The SMILES string of the molecule is CCn1cc(C(=O)O)c(=O)c2ccc(C(=O)O)cc21. The first-order valence-electron chi connectivity index (χ1n) is 5.59. The van der Waals surface area contributed by atoms with E-state index in [4.69, 9.17) is 10.2 Å². The summed E-state index contributed by atoms with van der Waals surface area (Å²) in [5.41, 5.74) is -0.462. The smallest absolute Gasteiger partial charge is 0.341 e. The lowest BCUT2D eigenvalue weighted by atomic mass is 10.1. The van der Waals surface area contributed by atoms with Crippen molar-refractivity contribution in [2.75, 3.05) is 0 Å². The predicted molar refractivity (Wildman–Crippen MR) is 67.8 cm³/mol. The number of aromatic carboxylic acids is 2. The lowest BCUT2D eigenvalue weighted by Gasteiger charge is -2.10.